The molecule has 3 heterocycles. The quantitative estimate of drug-likeness (QED) is 0.470. The van der Waals surface area contributed by atoms with Gasteiger partial charge in [0.15, 0.2) is 11.7 Å². The molecule has 0 atom stereocenters. The van der Waals surface area contributed by atoms with Crippen LogP contribution in [-0.2, 0) is 9.47 Å². The summed E-state index contributed by atoms with van der Waals surface area (Å²) in [7, 11) is -1.01. The van der Waals surface area contributed by atoms with Gasteiger partial charge >= 0.3 is 0 Å². The number of halogens is 3. The van der Waals surface area contributed by atoms with Crippen LogP contribution in [0.15, 0.2) is 38.8 Å². The summed E-state index contributed by atoms with van der Waals surface area (Å²) in [5.74, 6) is 1.40. The molecule has 3 aliphatic rings. The minimum absolute atomic E-state index is 0.152. The molecule has 0 aliphatic carbocycles. The Labute approximate surface area is 191 Å². The van der Waals surface area contributed by atoms with Crippen molar-refractivity contribution in [3.05, 3.63) is 29.8 Å². The molecule has 0 saturated carbocycles. The number of aliphatic imine (C=N–C) groups is 1. The maximum absolute atomic E-state index is 6.28. The van der Waals surface area contributed by atoms with Crippen LogP contribution in [0.4, 0.5) is 0 Å². The number of nitrogens with zero attached hydrogens (tertiary/aromatic N) is 5. The van der Waals surface area contributed by atoms with E-state index < -0.39 is 11.3 Å². The Hall–Kier alpha value is -0.700. The van der Waals surface area contributed by atoms with Crippen LogP contribution < -0.4 is 4.74 Å². The highest BCUT2D eigenvalue weighted by Crippen LogP contribution is 2.61. The average Bonchev–Trinajstić information content (AvgIpc) is 2.79. The minimum Gasteiger partial charge on any atom is -0.497 e. The molecule has 4 rings (SSSR count). The van der Waals surface area contributed by atoms with Crippen LogP contribution in [0.25, 0.3) is 0 Å². The van der Waals surface area contributed by atoms with Gasteiger partial charge in [0.05, 0.1) is 33.5 Å². The highest BCUT2D eigenvalue weighted by atomic mass is 35.6. The molecule has 0 unspecified atom stereocenters. The van der Waals surface area contributed by atoms with E-state index in [9.17, 15) is 0 Å². The summed E-state index contributed by atoms with van der Waals surface area (Å²) in [5.41, 5.74) is 0.809. The van der Waals surface area contributed by atoms with E-state index in [2.05, 4.69) is 14.3 Å². The van der Waals surface area contributed by atoms with Crippen LogP contribution in [0.1, 0.15) is 5.56 Å². The van der Waals surface area contributed by atoms with Crippen molar-refractivity contribution in [1.82, 2.24) is 9.34 Å². The molecule has 3 aliphatic heterocycles. The maximum Gasteiger partial charge on any atom is 0.250 e. The Morgan fingerprint density at radius 3 is 1.93 bits per heavy atom. The highest BCUT2D eigenvalue weighted by Gasteiger charge is 2.42. The second kappa shape index (κ2) is 9.43. The van der Waals surface area contributed by atoms with Gasteiger partial charge < -0.3 is 14.2 Å². The van der Waals surface area contributed by atoms with Gasteiger partial charge in [0.2, 0.25) is 11.3 Å². The van der Waals surface area contributed by atoms with E-state index >= 15 is 0 Å². The molecular weight excluding hydrogens is 472 g/mol. The largest absolute Gasteiger partial charge is 0.497 e. The number of rotatable bonds is 4. The Morgan fingerprint density at radius 1 is 0.933 bits per heavy atom. The van der Waals surface area contributed by atoms with Crippen LogP contribution in [0.2, 0.25) is 0 Å². The van der Waals surface area contributed by atoms with Gasteiger partial charge in [-0.1, -0.05) is 34.8 Å². The Bertz CT molecular complexity index is 854. The smallest absolute Gasteiger partial charge is 0.250 e. The van der Waals surface area contributed by atoms with Crippen LogP contribution in [0.5, 0.6) is 5.75 Å². The number of benzene rings is 1. The summed E-state index contributed by atoms with van der Waals surface area (Å²) in [6.45, 7) is 5.21. The highest BCUT2D eigenvalue weighted by molar-refractivity contribution is 7.61. The summed E-state index contributed by atoms with van der Waals surface area (Å²) in [6, 6.07) is 7.51. The number of methoxy groups -OCH3 is 1. The average molecular weight is 495 g/mol. The second-order valence-corrected chi connectivity index (χ2v) is 11.7. The third-order valence-corrected chi connectivity index (χ3v) is 8.75. The molecule has 12 heteroatoms. The molecule has 0 spiro atoms. The number of morpholine rings is 2. The monoisotopic (exact) mass is 493 g/mol. The standard InChI is InChI=1S/C18H23Cl3N5O3P/c1-27-15-4-2-14(3-5-15)16-22-17(18(19,20)21)24-30(23-16,25-6-10-28-11-7-25)26-8-12-29-13-9-26/h2-5H,6-13H2,1H3. The van der Waals surface area contributed by atoms with Crippen molar-refractivity contribution < 1.29 is 14.2 Å². The number of amidine groups is 2. The van der Waals surface area contributed by atoms with Crippen molar-refractivity contribution >= 4 is 54.0 Å². The first-order valence-corrected chi connectivity index (χ1v) is 12.3. The van der Waals surface area contributed by atoms with E-state index in [4.69, 9.17) is 58.5 Å². The van der Waals surface area contributed by atoms with E-state index in [0.717, 1.165) is 11.3 Å². The van der Waals surface area contributed by atoms with Crippen molar-refractivity contribution in [2.24, 2.45) is 14.5 Å². The molecule has 8 nitrogen and oxygen atoms in total. The molecular formula is C18H23Cl3N5O3P. The Kier molecular flexibility index (Phi) is 7.07. The Morgan fingerprint density at radius 2 is 1.47 bits per heavy atom. The molecule has 30 heavy (non-hydrogen) atoms. The van der Waals surface area contributed by atoms with Gasteiger partial charge in [-0.15, -0.1) is 0 Å². The van der Waals surface area contributed by atoms with E-state index in [1.54, 1.807) is 7.11 Å². The summed E-state index contributed by atoms with van der Waals surface area (Å²) in [5, 5.41) is 0. The molecule has 0 amide bonds. The molecule has 1 aromatic rings. The molecule has 164 valence electrons. The molecule has 0 N–H and O–H groups in total. The van der Waals surface area contributed by atoms with Gasteiger partial charge in [-0.2, -0.15) is 9.51 Å². The lowest BCUT2D eigenvalue weighted by molar-refractivity contribution is 0.0568. The van der Waals surface area contributed by atoms with Crippen LogP contribution in [0, 0.1) is 0 Å². The van der Waals surface area contributed by atoms with E-state index in [0.29, 0.717) is 58.4 Å². The lowest BCUT2D eigenvalue weighted by atomic mass is 10.2. The minimum atomic E-state index is -2.63. The zero-order chi connectivity index (χ0) is 21.2. The summed E-state index contributed by atoms with van der Waals surface area (Å²) < 4.78 is 29.3. The van der Waals surface area contributed by atoms with Crippen LogP contribution in [-0.4, -0.2) is 84.5 Å². The third-order valence-electron chi connectivity index (χ3n) is 5.01. The van der Waals surface area contributed by atoms with Gasteiger partial charge in [-0.25, -0.2) is 14.3 Å². The third kappa shape index (κ3) is 4.71. The normalized spacial score (nSPS) is 23.3. The first kappa shape index (κ1) is 22.5. The van der Waals surface area contributed by atoms with Crippen molar-refractivity contribution in [2.45, 2.75) is 3.79 Å². The molecule has 0 bridgehead atoms. The maximum atomic E-state index is 6.28. The van der Waals surface area contributed by atoms with Gasteiger partial charge in [0.25, 0.3) is 0 Å². The zero-order valence-corrected chi connectivity index (χ0v) is 19.7. The molecule has 2 fully saturated rings. The summed E-state index contributed by atoms with van der Waals surface area (Å²) in [6.07, 6.45) is 0. The van der Waals surface area contributed by atoms with Gasteiger partial charge in [-0.3, -0.25) is 0 Å². The predicted molar refractivity (Wildman–Crippen MR) is 121 cm³/mol. The van der Waals surface area contributed by atoms with Crippen LogP contribution in [0.3, 0.4) is 0 Å². The van der Waals surface area contributed by atoms with Crippen molar-refractivity contribution in [3.63, 3.8) is 0 Å². The second-order valence-electron chi connectivity index (χ2n) is 6.85. The van der Waals surface area contributed by atoms with Crippen molar-refractivity contribution in [3.8, 4) is 5.75 Å². The molecule has 2 saturated heterocycles. The Balaban J connectivity index is 1.87. The molecule has 0 radical (unpaired) electrons. The van der Waals surface area contributed by atoms with Gasteiger partial charge in [0.1, 0.15) is 5.75 Å². The molecule has 0 aromatic heterocycles. The SMILES string of the molecule is COc1ccc(C2=NC(C(Cl)(Cl)Cl)=NP(N3CCOCC3)(N3CCOCC3)=N2)cc1. The number of hydrogen-bond donors (Lipinski definition) is 0. The van der Waals surface area contributed by atoms with E-state index in [1.165, 1.54) is 0 Å². The van der Waals surface area contributed by atoms with Crippen molar-refractivity contribution in [2.75, 3.05) is 59.7 Å². The zero-order valence-electron chi connectivity index (χ0n) is 16.5. The lowest BCUT2D eigenvalue weighted by Crippen LogP contribution is -2.44. The van der Waals surface area contributed by atoms with Gasteiger partial charge in [-0.05, 0) is 24.3 Å². The first-order valence-electron chi connectivity index (χ1n) is 9.61. The fourth-order valence-electron chi connectivity index (χ4n) is 3.48. The summed E-state index contributed by atoms with van der Waals surface area (Å²) in [4.78, 5) is 4.54. The number of ether oxygens (including phenoxy) is 3. The van der Waals surface area contributed by atoms with E-state index in [-0.39, 0.29) is 5.84 Å². The lowest BCUT2D eigenvalue weighted by Gasteiger charge is -2.44. The number of hydrogen-bond acceptors (Lipinski definition) is 8. The predicted octanol–water partition coefficient (Wildman–Crippen LogP) is 3.83. The van der Waals surface area contributed by atoms with Crippen molar-refractivity contribution in [1.29, 1.82) is 0 Å². The van der Waals surface area contributed by atoms with E-state index in [1.807, 2.05) is 24.3 Å². The fraction of sp³-hybridized carbons (Fsp3) is 0.556. The van der Waals surface area contributed by atoms with Gasteiger partial charge in [0, 0.05) is 31.7 Å². The first-order chi connectivity index (χ1) is 14.4. The summed E-state index contributed by atoms with van der Waals surface area (Å²) >= 11 is 18.8. The topological polar surface area (TPSA) is 71.2 Å². The molecule has 1 aromatic carbocycles. The fourth-order valence-corrected chi connectivity index (χ4v) is 7.08. The van der Waals surface area contributed by atoms with Crippen LogP contribution >= 0.6 is 42.3 Å². The number of alkyl halides is 3.